The summed E-state index contributed by atoms with van der Waals surface area (Å²) in [5, 5.41) is 18.4. The monoisotopic (exact) mass is 1450 g/mol. The Morgan fingerprint density at radius 2 is 0.491 bits per heavy atom. The third-order valence-electron chi connectivity index (χ3n) is 23.0. The van der Waals surface area contributed by atoms with E-state index >= 15 is 0 Å². The molecule has 0 amide bonds. The molecular weight excluding hydrogens is 1380 g/mol. The number of hydrogen-bond donors (Lipinski definition) is 0. The van der Waals surface area contributed by atoms with Crippen molar-refractivity contribution in [3.63, 3.8) is 0 Å². The Morgan fingerprint density at radius 1 is 0.223 bits per heavy atom. The SMILES string of the molecule is CC(C)(C)c1ccc(-c2c3ccccc3c(-c3ccc(-n4c5ccccc5c5cc(-c6cccc7c6oc6ccccc67)ccc54)cc3)c3ccccc23)cc1.FC(F)(F)c1ccc(-c2c3ccccc3c(-c3ccc(-n4c5ccccc5c5cc(-c6cccc7c6oc6ccccc67)ccc54)cc3)c3ccccc23)cc1. The zero-order valence-corrected chi connectivity index (χ0v) is 61.5. The molecule has 0 unspecified atom stereocenters. The van der Waals surface area contributed by atoms with Gasteiger partial charge < -0.3 is 18.0 Å². The molecule has 0 aliphatic rings. The zero-order valence-electron chi connectivity index (χ0n) is 61.5. The topological polar surface area (TPSA) is 36.1 Å². The van der Waals surface area contributed by atoms with Crippen LogP contribution in [0.1, 0.15) is 31.9 Å². The summed E-state index contributed by atoms with van der Waals surface area (Å²) in [6.45, 7) is 6.82. The average molecular weight is 1450 g/mol. The third-order valence-corrected chi connectivity index (χ3v) is 23.0. The maximum Gasteiger partial charge on any atom is 0.416 e. The fourth-order valence-corrected chi connectivity index (χ4v) is 17.8. The molecule has 112 heavy (non-hydrogen) atoms. The van der Waals surface area contributed by atoms with Crippen molar-refractivity contribution in [2.75, 3.05) is 0 Å². The van der Waals surface area contributed by atoms with Gasteiger partial charge >= 0.3 is 6.18 Å². The van der Waals surface area contributed by atoms with Gasteiger partial charge in [0.1, 0.15) is 22.3 Å². The lowest BCUT2D eigenvalue weighted by atomic mass is 9.83. The van der Waals surface area contributed by atoms with E-state index in [9.17, 15) is 13.2 Å². The zero-order chi connectivity index (χ0) is 75.1. The largest absolute Gasteiger partial charge is 0.455 e. The van der Waals surface area contributed by atoms with Gasteiger partial charge in [-0.25, -0.2) is 0 Å². The van der Waals surface area contributed by atoms with Gasteiger partial charge in [0.25, 0.3) is 0 Å². The Bertz CT molecular complexity index is 6990. The summed E-state index contributed by atoms with van der Waals surface area (Å²) in [6.07, 6.45) is -4.40. The molecule has 0 saturated carbocycles. The van der Waals surface area contributed by atoms with Crippen LogP contribution < -0.4 is 0 Å². The number of nitrogens with zero attached hydrogens (tertiary/aromatic N) is 2. The van der Waals surface area contributed by atoms with E-state index in [1.165, 1.54) is 88.7 Å². The van der Waals surface area contributed by atoms with Gasteiger partial charge in [-0.05, 0) is 195 Å². The second-order valence-electron chi connectivity index (χ2n) is 30.4. The van der Waals surface area contributed by atoms with Crippen molar-refractivity contribution in [3.05, 3.63) is 375 Å². The van der Waals surface area contributed by atoms with Crippen molar-refractivity contribution in [2.45, 2.75) is 32.4 Å². The van der Waals surface area contributed by atoms with Crippen molar-refractivity contribution in [1.82, 2.24) is 9.13 Å². The van der Waals surface area contributed by atoms with Crippen LogP contribution in [0.3, 0.4) is 0 Å². The number of aromatic nitrogens is 2. The van der Waals surface area contributed by atoms with Crippen LogP contribution >= 0.6 is 0 Å². The molecule has 0 aliphatic heterocycles. The summed E-state index contributed by atoms with van der Waals surface area (Å²) in [5.74, 6) is 0. The molecule has 4 heterocycles. The van der Waals surface area contributed by atoms with Crippen LogP contribution in [0.2, 0.25) is 0 Å². The molecular formula is C105H69F3N2O2. The van der Waals surface area contributed by atoms with E-state index in [0.29, 0.717) is 0 Å². The van der Waals surface area contributed by atoms with Gasteiger partial charge in [0.15, 0.2) is 0 Å². The van der Waals surface area contributed by atoms with Gasteiger partial charge in [0.2, 0.25) is 0 Å². The first-order valence-corrected chi connectivity index (χ1v) is 38.1. The number of furan rings is 2. The predicted molar refractivity (Wildman–Crippen MR) is 462 cm³/mol. The van der Waals surface area contributed by atoms with Crippen LogP contribution in [0.5, 0.6) is 0 Å². The fraction of sp³-hybridized carbons (Fsp3) is 0.0476. The number of para-hydroxylation sites is 6. The average Bonchev–Trinajstić information content (AvgIpc) is 1.47. The highest BCUT2D eigenvalue weighted by molar-refractivity contribution is 6.24. The lowest BCUT2D eigenvalue weighted by Crippen LogP contribution is -2.10. The molecule has 7 heteroatoms. The van der Waals surface area contributed by atoms with Crippen molar-refractivity contribution >= 4 is 131 Å². The summed E-state index contributed by atoms with van der Waals surface area (Å²) in [6, 6.07) is 127. The standard InChI is InChI=1S/C54H39NO.C51H30F3NO/c1-54(2,3)37-28-23-34(24-29-37)51-42-15-4-6-17-44(42)52(45-18-7-5-16-43(45)51)35-25-30-38(31-26-35)55-48-21-10-8-13-40(48)47-33-36(27-32-49(47)55)39-19-12-20-46-41-14-9-11-22-50(41)56-53(39)46;52-51(53,54)34-25-20-31(21-26-34)48-39-12-1-3-14-41(39)49(42-15-4-2-13-40(42)48)32-22-27-35(28-23-32)55-45-18-7-5-10-37(45)44-30-33(24-29-46(44)55)36-16-9-17-43-38-11-6-8-19-47(38)56-50(36)43/h4-33H,1-3H3;1-30H. The predicted octanol–water partition coefficient (Wildman–Crippen LogP) is 30.3. The highest BCUT2D eigenvalue weighted by Gasteiger charge is 2.31. The van der Waals surface area contributed by atoms with E-state index in [1.54, 1.807) is 12.1 Å². The van der Waals surface area contributed by atoms with Crippen LogP contribution in [-0.2, 0) is 11.6 Å². The minimum Gasteiger partial charge on any atom is -0.455 e. The minimum atomic E-state index is -4.40. The van der Waals surface area contributed by atoms with Crippen molar-refractivity contribution in [2.24, 2.45) is 0 Å². The van der Waals surface area contributed by atoms with E-state index in [0.717, 1.165) is 138 Å². The molecule has 0 fully saturated rings. The summed E-state index contributed by atoms with van der Waals surface area (Å²) >= 11 is 0. The Labute approximate surface area is 643 Å². The minimum absolute atomic E-state index is 0.103. The third kappa shape index (κ3) is 10.7. The van der Waals surface area contributed by atoms with Crippen LogP contribution in [0.4, 0.5) is 13.2 Å². The van der Waals surface area contributed by atoms with Crippen LogP contribution in [-0.4, -0.2) is 9.13 Å². The summed E-state index contributed by atoms with van der Waals surface area (Å²) < 4.78 is 58.1. The highest BCUT2D eigenvalue weighted by Crippen LogP contribution is 2.49. The van der Waals surface area contributed by atoms with E-state index in [-0.39, 0.29) is 5.41 Å². The normalized spacial score (nSPS) is 12.2. The van der Waals surface area contributed by atoms with Gasteiger partial charge in [0, 0.05) is 65.6 Å². The Balaban J connectivity index is 0.000000141. The summed E-state index contributed by atoms with van der Waals surface area (Å²) in [4.78, 5) is 0. The molecule has 22 aromatic rings. The van der Waals surface area contributed by atoms with Crippen molar-refractivity contribution in [1.29, 1.82) is 0 Å². The van der Waals surface area contributed by atoms with Gasteiger partial charge in [-0.2, -0.15) is 13.2 Å². The van der Waals surface area contributed by atoms with Gasteiger partial charge in [-0.15, -0.1) is 0 Å². The molecule has 4 nitrogen and oxygen atoms in total. The van der Waals surface area contributed by atoms with E-state index in [2.05, 4.69) is 315 Å². The van der Waals surface area contributed by atoms with Gasteiger partial charge in [-0.1, -0.05) is 300 Å². The first-order valence-electron chi connectivity index (χ1n) is 38.1. The summed E-state index contributed by atoms with van der Waals surface area (Å²) in [5.41, 5.74) is 24.4. The van der Waals surface area contributed by atoms with Crippen molar-refractivity contribution < 1.29 is 22.0 Å². The van der Waals surface area contributed by atoms with Crippen LogP contribution in [0.25, 0.3) is 209 Å². The lowest BCUT2D eigenvalue weighted by Gasteiger charge is -2.21. The number of fused-ring (bicyclic) bond motifs is 16. The second kappa shape index (κ2) is 25.8. The number of alkyl halides is 3. The smallest absolute Gasteiger partial charge is 0.416 e. The van der Waals surface area contributed by atoms with Gasteiger partial charge in [-0.3, -0.25) is 0 Å². The Kier molecular flexibility index (Phi) is 15.3. The quantitative estimate of drug-likeness (QED) is 0.142. The summed E-state index contributed by atoms with van der Waals surface area (Å²) in [7, 11) is 0. The van der Waals surface area contributed by atoms with Gasteiger partial charge in [0.05, 0.1) is 27.6 Å². The molecule has 0 N–H and O–H groups in total. The molecule has 0 atom stereocenters. The maximum atomic E-state index is 13.5. The molecule has 4 aromatic heterocycles. The molecule has 532 valence electrons. The number of halogens is 3. The molecule has 0 aliphatic carbocycles. The molecule has 0 spiro atoms. The maximum absolute atomic E-state index is 13.5. The first kappa shape index (κ1) is 66.2. The number of hydrogen-bond acceptors (Lipinski definition) is 2. The van der Waals surface area contributed by atoms with Crippen LogP contribution in [0, 0.1) is 0 Å². The molecule has 0 bridgehead atoms. The van der Waals surface area contributed by atoms with Crippen molar-refractivity contribution in [3.8, 4) is 78.1 Å². The Morgan fingerprint density at radius 3 is 0.821 bits per heavy atom. The molecule has 0 radical (unpaired) electrons. The number of rotatable bonds is 8. The molecule has 18 aromatic carbocycles. The Hall–Kier alpha value is -14.0. The van der Waals surface area contributed by atoms with E-state index < -0.39 is 11.7 Å². The first-order chi connectivity index (χ1) is 54.8. The van der Waals surface area contributed by atoms with Crippen LogP contribution in [0.15, 0.2) is 373 Å². The fourth-order valence-electron chi connectivity index (χ4n) is 17.8. The van der Waals surface area contributed by atoms with E-state index in [1.807, 2.05) is 54.6 Å². The number of benzene rings is 18. The molecule has 22 rings (SSSR count). The lowest BCUT2D eigenvalue weighted by molar-refractivity contribution is -0.137. The highest BCUT2D eigenvalue weighted by atomic mass is 19.4. The second-order valence-corrected chi connectivity index (χ2v) is 30.4. The molecule has 0 saturated heterocycles. The van der Waals surface area contributed by atoms with E-state index in [4.69, 9.17) is 8.83 Å².